The Hall–Kier alpha value is -1.22. The molecule has 1 aromatic heterocycles. The fraction of sp³-hybridized carbons (Fsp3) is 0.250. The number of aryl methyl sites for hydroxylation is 1. The molecule has 0 fully saturated rings. The van der Waals surface area contributed by atoms with Crippen molar-refractivity contribution in [1.29, 1.82) is 0 Å². The van der Waals surface area contributed by atoms with Gasteiger partial charge in [-0.05, 0) is 12.0 Å². The molecule has 2 rings (SSSR count). The van der Waals surface area contributed by atoms with Gasteiger partial charge in [-0.1, -0.05) is 43.0 Å². The fourth-order valence-corrected chi connectivity index (χ4v) is 1.62. The Morgan fingerprint density at radius 2 is 1.93 bits per heavy atom. The molecule has 1 heterocycles. The predicted octanol–water partition coefficient (Wildman–Crippen LogP) is 3.14. The molecule has 0 saturated carbocycles. The number of nitrogens with zero attached hydrogens (tertiary/aromatic N) is 2. The van der Waals surface area contributed by atoms with Crippen molar-refractivity contribution in [3.8, 4) is 11.1 Å². The minimum Gasteiger partial charge on any atom is -0.272 e. The van der Waals surface area contributed by atoms with E-state index in [1.165, 1.54) is 11.1 Å². The van der Waals surface area contributed by atoms with E-state index in [2.05, 4.69) is 23.4 Å². The third-order valence-corrected chi connectivity index (χ3v) is 2.56. The molecule has 15 heavy (non-hydrogen) atoms. The molecule has 0 unspecified atom stereocenters. The smallest absolute Gasteiger partial charge is 0.0568 e. The number of benzene rings is 1. The second kappa shape index (κ2) is 5.03. The van der Waals surface area contributed by atoms with Crippen LogP contribution < -0.4 is 0 Å². The first kappa shape index (κ1) is 10.3. The van der Waals surface area contributed by atoms with E-state index in [1.807, 2.05) is 29.1 Å². The summed E-state index contributed by atoms with van der Waals surface area (Å²) >= 11 is 4.91. The molecule has 2 nitrogen and oxygen atoms in total. The third-order valence-electron chi connectivity index (χ3n) is 2.27. The monoisotopic (exact) mass is 217 g/mol. The van der Waals surface area contributed by atoms with Crippen LogP contribution in [0.5, 0.6) is 0 Å². The Balaban J connectivity index is 2.14. The zero-order valence-electron chi connectivity index (χ0n) is 8.47. The van der Waals surface area contributed by atoms with Crippen LogP contribution >= 0.6 is 12.6 Å². The summed E-state index contributed by atoms with van der Waals surface area (Å²) < 4.78 is 1.95. The summed E-state index contributed by atoms with van der Waals surface area (Å²) in [5, 5.41) is 4.30. The first-order valence-electron chi connectivity index (χ1n) is 5.06. The highest BCUT2D eigenvalue weighted by Gasteiger charge is 2.00. The summed E-state index contributed by atoms with van der Waals surface area (Å²) in [5.41, 5.74) is 2.38. The Morgan fingerprint density at radius 3 is 2.67 bits per heavy atom. The maximum absolute atomic E-state index is 4.91. The summed E-state index contributed by atoms with van der Waals surface area (Å²) in [6.07, 6.45) is 4.98. The Bertz CT molecular complexity index is 409. The van der Waals surface area contributed by atoms with E-state index in [-0.39, 0.29) is 0 Å². The molecule has 3 heteroatoms. The Labute approximate surface area is 95.3 Å². The van der Waals surface area contributed by atoms with Crippen LogP contribution in [0.2, 0.25) is 0 Å². The van der Waals surface area contributed by atoms with E-state index < -0.39 is 0 Å². The Morgan fingerprint density at radius 1 is 1.13 bits per heavy atom. The summed E-state index contributed by atoms with van der Waals surface area (Å²) in [7, 11) is 0. The molecule has 0 aliphatic rings. The molecule has 0 saturated heterocycles. The van der Waals surface area contributed by atoms with Crippen molar-refractivity contribution in [2.45, 2.75) is 13.0 Å². The lowest BCUT2D eigenvalue weighted by atomic mass is 10.1. The molecule has 0 aliphatic heterocycles. The second-order valence-electron chi connectivity index (χ2n) is 3.42. The van der Waals surface area contributed by atoms with E-state index in [1.54, 1.807) is 0 Å². The summed E-state index contributed by atoms with van der Waals surface area (Å²) in [5.74, 6) is 0.792. The number of rotatable bonds is 4. The van der Waals surface area contributed by atoms with Gasteiger partial charge in [0.25, 0.3) is 0 Å². The molecule has 0 N–H and O–H groups in total. The molecule has 0 bridgehead atoms. The van der Waals surface area contributed by atoms with Crippen molar-refractivity contribution in [2.75, 3.05) is 5.75 Å². The molecular formula is C12H13N2S. The van der Waals surface area contributed by atoms with E-state index in [0.29, 0.717) is 0 Å². The first-order chi connectivity index (χ1) is 7.40. The number of hydrogen-bond acceptors (Lipinski definition) is 1. The summed E-state index contributed by atoms with van der Waals surface area (Å²) in [6.45, 7) is 0.913. The van der Waals surface area contributed by atoms with Crippen molar-refractivity contribution in [3.63, 3.8) is 0 Å². The Kier molecular flexibility index (Phi) is 3.45. The zero-order chi connectivity index (χ0) is 10.5. The van der Waals surface area contributed by atoms with Gasteiger partial charge in [-0.2, -0.15) is 5.10 Å². The highest BCUT2D eigenvalue weighted by molar-refractivity contribution is 7.80. The highest BCUT2D eigenvalue weighted by Crippen LogP contribution is 2.17. The van der Waals surface area contributed by atoms with Gasteiger partial charge in [0, 0.05) is 24.1 Å². The lowest BCUT2D eigenvalue weighted by molar-refractivity contribution is 0.607. The van der Waals surface area contributed by atoms with E-state index in [4.69, 9.17) is 12.6 Å². The van der Waals surface area contributed by atoms with Crippen LogP contribution in [0, 0.1) is 0 Å². The molecule has 0 aliphatic carbocycles. The average Bonchev–Trinajstić information content (AvgIpc) is 2.76. The average molecular weight is 217 g/mol. The summed E-state index contributed by atoms with van der Waals surface area (Å²) in [6, 6.07) is 10.3. The molecule has 0 spiro atoms. The quantitative estimate of drug-likeness (QED) is 0.769. The minimum atomic E-state index is 0.792. The van der Waals surface area contributed by atoms with Crippen molar-refractivity contribution >= 4 is 12.6 Å². The molecule has 0 atom stereocenters. The van der Waals surface area contributed by atoms with Gasteiger partial charge >= 0.3 is 0 Å². The van der Waals surface area contributed by atoms with Gasteiger partial charge in [0.15, 0.2) is 0 Å². The second-order valence-corrected chi connectivity index (χ2v) is 3.82. The number of hydrogen-bond donors (Lipinski definition) is 0. The van der Waals surface area contributed by atoms with Gasteiger partial charge in [0.2, 0.25) is 0 Å². The van der Waals surface area contributed by atoms with Gasteiger partial charge in [-0.3, -0.25) is 4.68 Å². The van der Waals surface area contributed by atoms with Gasteiger partial charge in [0.1, 0.15) is 0 Å². The largest absolute Gasteiger partial charge is 0.272 e. The lowest BCUT2D eigenvalue weighted by Gasteiger charge is -1.97. The predicted molar refractivity (Wildman–Crippen MR) is 64.7 cm³/mol. The van der Waals surface area contributed by atoms with Crippen LogP contribution in [0.1, 0.15) is 6.42 Å². The van der Waals surface area contributed by atoms with Gasteiger partial charge in [0.05, 0.1) is 6.20 Å². The normalized spacial score (nSPS) is 10.5. The number of aromatic nitrogens is 2. The molecule has 1 radical (unpaired) electrons. The third kappa shape index (κ3) is 2.63. The van der Waals surface area contributed by atoms with E-state index >= 15 is 0 Å². The van der Waals surface area contributed by atoms with Crippen LogP contribution in [0.3, 0.4) is 0 Å². The van der Waals surface area contributed by atoms with Crippen molar-refractivity contribution < 1.29 is 0 Å². The van der Waals surface area contributed by atoms with Crippen molar-refractivity contribution in [3.05, 3.63) is 42.7 Å². The first-order valence-corrected chi connectivity index (χ1v) is 5.64. The van der Waals surface area contributed by atoms with Crippen LogP contribution in [-0.2, 0) is 6.54 Å². The van der Waals surface area contributed by atoms with Crippen LogP contribution in [0.15, 0.2) is 42.7 Å². The van der Waals surface area contributed by atoms with E-state index in [0.717, 1.165) is 18.7 Å². The van der Waals surface area contributed by atoms with Crippen LogP contribution in [0.4, 0.5) is 0 Å². The van der Waals surface area contributed by atoms with Crippen molar-refractivity contribution in [2.24, 2.45) is 0 Å². The van der Waals surface area contributed by atoms with Crippen LogP contribution in [-0.4, -0.2) is 15.5 Å². The maximum atomic E-state index is 4.91. The van der Waals surface area contributed by atoms with Crippen LogP contribution in [0.25, 0.3) is 11.1 Å². The molecule has 1 aromatic carbocycles. The zero-order valence-corrected chi connectivity index (χ0v) is 9.28. The molecular weight excluding hydrogens is 204 g/mol. The topological polar surface area (TPSA) is 17.8 Å². The summed E-state index contributed by atoms with van der Waals surface area (Å²) in [4.78, 5) is 0. The minimum absolute atomic E-state index is 0.792. The van der Waals surface area contributed by atoms with Crippen molar-refractivity contribution in [1.82, 2.24) is 9.78 Å². The highest BCUT2D eigenvalue weighted by atomic mass is 32.1. The standard InChI is InChI=1S/C12H13N2S/c15-8-4-7-14-10-12(9-13-14)11-5-2-1-3-6-11/h1-3,5-6,9-10H,4,7-8H2. The van der Waals surface area contributed by atoms with Gasteiger partial charge < -0.3 is 0 Å². The molecule has 0 amide bonds. The SMILES string of the molecule is [S]CCCn1cc(-c2ccccc2)cn1. The lowest BCUT2D eigenvalue weighted by Crippen LogP contribution is -1.98. The maximum Gasteiger partial charge on any atom is 0.0568 e. The van der Waals surface area contributed by atoms with E-state index in [9.17, 15) is 0 Å². The fourth-order valence-electron chi connectivity index (χ4n) is 1.49. The van der Waals surface area contributed by atoms with Gasteiger partial charge in [-0.15, -0.1) is 0 Å². The molecule has 2 aromatic rings. The molecule has 77 valence electrons. The van der Waals surface area contributed by atoms with Gasteiger partial charge in [-0.25, -0.2) is 0 Å².